The lowest BCUT2D eigenvalue weighted by Crippen LogP contribution is -2.32. The van der Waals surface area contributed by atoms with E-state index in [0.29, 0.717) is 17.3 Å². The Bertz CT molecular complexity index is 461. The zero-order valence-electron chi connectivity index (χ0n) is 12.6. The third-order valence-electron chi connectivity index (χ3n) is 3.77. The second-order valence-electron chi connectivity index (χ2n) is 5.67. The molecule has 1 aliphatic heterocycles. The summed E-state index contributed by atoms with van der Waals surface area (Å²) >= 11 is 6.03. The van der Waals surface area contributed by atoms with Crippen LogP contribution in [0, 0.1) is 0 Å². The van der Waals surface area contributed by atoms with Gasteiger partial charge in [-0.3, -0.25) is 9.69 Å². The minimum Gasteiger partial charge on any atom is -0.324 e. The van der Waals surface area contributed by atoms with E-state index >= 15 is 0 Å². The first-order valence-corrected chi connectivity index (χ1v) is 7.98. The van der Waals surface area contributed by atoms with Gasteiger partial charge in [0.1, 0.15) is 0 Å². The van der Waals surface area contributed by atoms with Crippen molar-refractivity contribution < 1.29 is 4.79 Å². The summed E-state index contributed by atoms with van der Waals surface area (Å²) in [6.45, 7) is 4.93. The predicted octanol–water partition coefficient (Wildman–Crippen LogP) is 2.70. The Morgan fingerprint density at radius 1 is 1.33 bits per heavy atom. The van der Waals surface area contributed by atoms with Crippen LogP contribution in [0.15, 0.2) is 24.3 Å². The summed E-state index contributed by atoms with van der Waals surface area (Å²) in [5.41, 5.74) is 0.676. The van der Waals surface area contributed by atoms with Crippen LogP contribution in [0.1, 0.15) is 19.3 Å². The van der Waals surface area contributed by atoms with Crippen LogP contribution in [-0.2, 0) is 4.79 Å². The van der Waals surface area contributed by atoms with Crippen molar-refractivity contribution in [1.29, 1.82) is 0 Å². The van der Waals surface area contributed by atoms with Gasteiger partial charge >= 0.3 is 0 Å². The summed E-state index contributed by atoms with van der Waals surface area (Å²) in [6.07, 6.45) is 3.77. The van der Waals surface area contributed by atoms with Gasteiger partial charge in [-0.25, -0.2) is 0 Å². The smallest absolute Gasteiger partial charge is 0.238 e. The van der Waals surface area contributed by atoms with Gasteiger partial charge in [0.05, 0.1) is 17.3 Å². The standard InChI is InChI=1S/C16H24ClN3O/c1-19(9-6-12-20-10-4-5-11-20)13-16(21)18-15-8-3-2-7-14(15)17/h2-3,7-8H,4-6,9-13H2,1H3,(H,18,21). The molecule has 1 saturated heterocycles. The van der Waals surface area contributed by atoms with E-state index in [4.69, 9.17) is 11.6 Å². The van der Waals surface area contributed by atoms with E-state index in [1.54, 1.807) is 6.07 Å². The van der Waals surface area contributed by atoms with Crippen molar-refractivity contribution in [2.45, 2.75) is 19.3 Å². The van der Waals surface area contributed by atoms with E-state index in [1.165, 1.54) is 25.9 Å². The van der Waals surface area contributed by atoms with Gasteiger partial charge in [0.2, 0.25) is 5.91 Å². The zero-order valence-corrected chi connectivity index (χ0v) is 13.4. The Hall–Kier alpha value is -1.10. The van der Waals surface area contributed by atoms with Gasteiger partial charge in [0, 0.05) is 0 Å². The first kappa shape index (κ1) is 16.3. The van der Waals surface area contributed by atoms with E-state index in [1.807, 2.05) is 25.2 Å². The van der Waals surface area contributed by atoms with Crippen LogP contribution < -0.4 is 5.32 Å². The van der Waals surface area contributed by atoms with Crippen molar-refractivity contribution >= 4 is 23.2 Å². The molecule has 1 amide bonds. The molecule has 1 heterocycles. The highest BCUT2D eigenvalue weighted by molar-refractivity contribution is 6.33. The van der Waals surface area contributed by atoms with Crippen LogP contribution in [-0.4, -0.2) is 55.5 Å². The molecule has 0 unspecified atom stereocenters. The predicted molar refractivity (Wildman–Crippen MR) is 87.9 cm³/mol. The molecule has 116 valence electrons. The summed E-state index contributed by atoms with van der Waals surface area (Å²) in [4.78, 5) is 16.5. The first-order valence-electron chi connectivity index (χ1n) is 7.60. The van der Waals surface area contributed by atoms with Crippen LogP contribution in [0.4, 0.5) is 5.69 Å². The molecule has 1 aromatic rings. The number of nitrogens with zero attached hydrogens (tertiary/aromatic N) is 2. The van der Waals surface area contributed by atoms with E-state index in [-0.39, 0.29) is 5.91 Å². The Balaban J connectivity index is 1.66. The molecular weight excluding hydrogens is 286 g/mol. The minimum absolute atomic E-state index is 0.0215. The summed E-state index contributed by atoms with van der Waals surface area (Å²) in [6, 6.07) is 7.30. The van der Waals surface area contributed by atoms with Crippen LogP contribution in [0.2, 0.25) is 5.02 Å². The van der Waals surface area contributed by atoms with Crippen molar-refractivity contribution in [2.75, 3.05) is 45.1 Å². The normalized spacial score (nSPS) is 15.6. The molecule has 21 heavy (non-hydrogen) atoms. The second-order valence-corrected chi connectivity index (χ2v) is 6.08. The monoisotopic (exact) mass is 309 g/mol. The van der Waals surface area contributed by atoms with E-state index in [9.17, 15) is 4.79 Å². The van der Waals surface area contributed by atoms with Crippen molar-refractivity contribution in [3.05, 3.63) is 29.3 Å². The fraction of sp³-hybridized carbons (Fsp3) is 0.562. The maximum Gasteiger partial charge on any atom is 0.238 e. The largest absolute Gasteiger partial charge is 0.324 e. The molecule has 0 bridgehead atoms. The van der Waals surface area contributed by atoms with Gasteiger partial charge in [-0.15, -0.1) is 0 Å². The highest BCUT2D eigenvalue weighted by Gasteiger charge is 2.12. The number of likely N-dealkylation sites (tertiary alicyclic amines) is 1. The quantitative estimate of drug-likeness (QED) is 0.841. The Morgan fingerprint density at radius 3 is 2.76 bits per heavy atom. The summed E-state index contributed by atoms with van der Waals surface area (Å²) in [5.74, 6) is -0.0215. The highest BCUT2D eigenvalue weighted by atomic mass is 35.5. The van der Waals surface area contributed by atoms with Gasteiger partial charge in [0.25, 0.3) is 0 Å². The molecule has 0 spiro atoms. The molecule has 0 saturated carbocycles. The molecule has 1 fully saturated rings. The molecular formula is C16H24ClN3O. The van der Waals surface area contributed by atoms with Gasteiger partial charge in [0.15, 0.2) is 0 Å². The van der Waals surface area contributed by atoms with Crippen molar-refractivity contribution in [3.63, 3.8) is 0 Å². The van der Waals surface area contributed by atoms with Crippen LogP contribution in [0.25, 0.3) is 0 Å². The number of carbonyl (C=O) groups excluding carboxylic acids is 1. The van der Waals surface area contributed by atoms with Crippen LogP contribution in [0.3, 0.4) is 0 Å². The number of para-hydroxylation sites is 1. The number of nitrogens with one attached hydrogen (secondary N) is 1. The molecule has 1 aliphatic rings. The van der Waals surface area contributed by atoms with Gasteiger partial charge < -0.3 is 10.2 Å². The molecule has 1 aromatic carbocycles. The van der Waals surface area contributed by atoms with E-state index < -0.39 is 0 Å². The highest BCUT2D eigenvalue weighted by Crippen LogP contribution is 2.20. The molecule has 2 rings (SSSR count). The number of benzene rings is 1. The van der Waals surface area contributed by atoms with E-state index in [0.717, 1.165) is 19.5 Å². The van der Waals surface area contributed by atoms with Crippen molar-refractivity contribution in [3.8, 4) is 0 Å². The fourth-order valence-electron chi connectivity index (χ4n) is 2.65. The van der Waals surface area contributed by atoms with Gasteiger partial charge in [-0.05, 0) is 64.6 Å². The molecule has 0 radical (unpaired) electrons. The lowest BCUT2D eigenvalue weighted by Gasteiger charge is -2.19. The molecule has 4 nitrogen and oxygen atoms in total. The van der Waals surface area contributed by atoms with E-state index in [2.05, 4.69) is 15.1 Å². The molecule has 0 aromatic heterocycles. The number of amides is 1. The summed E-state index contributed by atoms with van der Waals surface area (Å²) < 4.78 is 0. The van der Waals surface area contributed by atoms with Gasteiger partial charge in [-0.2, -0.15) is 0 Å². The average molecular weight is 310 g/mol. The number of likely N-dealkylation sites (N-methyl/N-ethyl adjacent to an activating group) is 1. The number of rotatable bonds is 7. The average Bonchev–Trinajstić information content (AvgIpc) is 2.94. The molecule has 1 N–H and O–H groups in total. The number of hydrogen-bond donors (Lipinski definition) is 1. The third-order valence-corrected chi connectivity index (χ3v) is 4.10. The lowest BCUT2D eigenvalue weighted by molar-refractivity contribution is -0.117. The maximum atomic E-state index is 12.0. The topological polar surface area (TPSA) is 35.6 Å². The Kier molecular flexibility index (Phi) is 6.49. The Labute approximate surface area is 132 Å². The molecule has 0 aliphatic carbocycles. The minimum atomic E-state index is -0.0215. The lowest BCUT2D eigenvalue weighted by atomic mass is 10.3. The van der Waals surface area contributed by atoms with Crippen LogP contribution in [0.5, 0.6) is 0 Å². The summed E-state index contributed by atoms with van der Waals surface area (Å²) in [5, 5.41) is 3.42. The molecule has 5 heteroatoms. The van der Waals surface area contributed by atoms with Crippen LogP contribution >= 0.6 is 11.6 Å². The SMILES string of the molecule is CN(CCCN1CCCC1)CC(=O)Nc1ccccc1Cl. The first-order chi connectivity index (χ1) is 10.1. The number of anilines is 1. The van der Waals surface area contributed by atoms with Crippen molar-refractivity contribution in [1.82, 2.24) is 9.80 Å². The van der Waals surface area contributed by atoms with Crippen molar-refractivity contribution in [2.24, 2.45) is 0 Å². The maximum absolute atomic E-state index is 12.0. The number of hydrogen-bond acceptors (Lipinski definition) is 3. The Morgan fingerprint density at radius 2 is 2.05 bits per heavy atom. The number of halogens is 1. The third kappa shape index (κ3) is 5.65. The molecule has 0 atom stereocenters. The number of carbonyl (C=O) groups is 1. The fourth-order valence-corrected chi connectivity index (χ4v) is 2.83. The zero-order chi connectivity index (χ0) is 15.1. The second kappa shape index (κ2) is 8.37. The van der Waals surface area contributed by atoms with Gasteiger partial charge in [-0.1, -0.05) is 23.7 Å². The summed E-state index contributed by atoms with van der Waals surface area (Å²) in [7, 11) is 1.98.